The van der Waals surface area contributed by atoms with Crippen molar-refractivity contribution in [2.45, 2.75) is 31.7 Å². The maximum atomic E-state index is 12.5. The lowest BCUT2D eigenvalue weighted by molar-refractivity contribution is -0.117. The van der Waals surface area contributed by atoms with Crippen molar-refractivity contribution in [3.05, 3.63) is 65.0 Å². The van der Waals surface area contributed by atoms with Gasteiger partial charge in [-0.05, 0) is 57.2 Å². The average Bonchev–Trinajstić information content (AvgIpc) is 3.04. The lowest BCUT2D eigenvalue weighted by Gasteiger charge is -2.14. The summed E-state index contributed by atoms with van der Waals surface area (Å²) >= 11 is 6.07. The van der Waals surface area contributed by atoms with Crippen molar-refractivity contribution < 1.29 is 22.5 Å². The third-order valence-electron chi connectivity index (χ3n) is 4.15. The quantitative estimate of drug-likeness (QED) is 0.563. The van der Waals surface area contributed by atoms with Gasteiger partial charge in [0.05, 0.1) is 11.1 Å². The van der Waals surface area contributed by atoms with Crippen LogP contribution in [0.2, 0.25) is 5.02 Å². The Kier molecular flexibility index (Phi) is 6.45. The number of sulfonamides is 1. The zero-order valence-electron chi connectivity index (χ0n) is 16.5. The number of halogens is 1. The van der Waals surface area contributed by atoms with Crippen LogP contribution in [0.4, 0.5) is 5.69 Å². The fraction of sp³-hybridized carbons (Fsp3) is 0.200. The smallest absolute Gasteiger partial charge is 0.246 e. The van der Waals surface area contributed by atoms with Gasteiger partial charge in [-0.3, -0.25) is 4.79 Å². The number of nitrogens with zero attached hydrogens (tertiary/aromatic N) is 1. The van der Waals surface area contributed by atoms with Crippen molar-refractivity contribution in [2.75, 3.05) is 5.32 Å². The van der Waals surface area contributed by atoms with Crippen LogP contribution in [0.15, 0.2) is 57.9 Å². The van der Waals surface area contributed by atoms with Crippen LogP contribution in [-0.4, -0.2) is 25.5 Å². The molecule has 0 unspecified atom stereocenters. The zero-order chi connectivity index (χ0) is 21.9. The van der Waals surface area contributed by atoms with Crippen molar-refractivity contribution >= 4 is 33.2 Å². The number of amides is 1. The molecule has 0 saturated heterocycles. The lowest BCUT2D eigenvalue weighted by Crippen LogP contribution is -2.41. The highest BCUT2D eigenvalue weighted by molar-refractivity contribution is 7.89. The topological polar surface area (TPSA) is 111 Å². The average molecular weight is 450 g/mol. The van der Waals surface area contributed by atoms with Crippen molar-refractivity contribution in [3.63, 3.8) is 0 Å². The normalized spacial score (nSPS) is 12.4. The van der Waals surface area contributed by atoms with Crippen LogP contribution in [0, 0.1) is 13.8 Å². The highest BCUT2D eigenvalue weighted by atomic mass is 35.5. The first-order chi connectivity index (χ1) is 14.2. The van der Waals surface area contributed by atoms with Gasteiger partial charge < -0.3 is 14.6 Å². The molecule has 0 bridgehead atoms. The summed E-state index contributed by atoms with van der Waals surface area (Å²) in [5.74, 6) is 0.679. The van der Waals surface area contributed by atoms with Gasteiger partial charge in [-0.2, -0.15) is 4.72 Å². The summed E-state index contributed by atoms with van der Waals surface area (Å²) in [6.45, 7) is 4.45. The highest BCUT2D eigenvalue weighted by Gasteiger charge is 2.28. The minimum atomic E-state index is -3.96. The van der Waals surface area contributed by atoms with Crippen LogP contribution in [0.3, 0.4) is 0 Å². The third kappa shape index (κ3) is 4.99. The summed E-state index contributed by atoms with van der Waals surface area (Å²) < 4.78 is 38.0. The molecule has 0 aliphatic heterocycles. The van der Waals surface area contributed by atoms with Gasteiger partial charge >= 0.3 is 0 Å². The van der Waals surface area contributed by atoms with Crippen LogP contribution < -0.4 is 14.8 Å². The molecule has 1 amide bonds. The van der Waals surface area contributed by atoms with E-state index in [4.69, 9.17) is 20.9 Å². The first-order valence-corrected chi connectivity index (χ1v) is 10.8. The van der Waals surface area contributed by atoms with Crippen molar-refractivity contribution in [3.8, 4) is 11.5 Å². The number of carbonyl (C=O) groups excluding carboxylic acids is 1. The van der Waals surface area contributed by atoms with E-state index in [2.05, 4.69) is 15.2 Å². The molecule has 3 rings (SSSR count). The van der Waals surface area contributed by atoms with E-state index in [1.165, 1.54) is 20.8 Å². The van der Waals surface area contributed by atoms with Crippen LogP contribution >= 0.6 is 11.6 Å². The Balaban J connectivity index is 1.63. The Labute approximate surface area is 179 Å². The second-order valence-corrected chi connectivity index (χ2v) is 8.60. The van der Waals surface area contributed by atoms with Gasteiger partial charge in [0.25, 0.3) is 0 Å². The second kappa shape index (κ2) is 8.86. The summed E-state index contributed by atoms with van der Waals surface area (Å²) in [7, 11) is -3.96. The number of benzene rings is 2. The minimum absolute atomic E-state index is 0.0665. The number of ether oxygens (including phenoxy) is 1. The first-order valence-electron chi connectivity index (χ1n) is 8.96. The molecule has 158 valence electrons. The molecular formula is C20H20ClN3O5S. The molecule has 8 nitrogen and oxygen atoms in total. The fourth-order valence-corrected chi connectivity index (χ4v) is 4.42. The molecule has 0 fully saturated rings. The van der Waals surface area contributed by atoms with Crippen molar-refractivity contribution in [2.24, 2.45) is 0 Å². The standard InChI is InChI=1S/C20H20ClN3O5S/c1-12-19(14(3)29-23-12)30(26,27)24-13(2)20(25)22-15-8-10-16(11-9-15)28-18-7-5-4-6-17(18)21/h4-11,13,24H,1-3H3,(H,22,25)/t13-/m1/s1. The third-order valence-corrected chi connectivity index (χ3v) is 6.24. The van der Waals surface area contributed by atoms with E-state index in [0.717, 1.165) is 0 Å². The Bertz CT molecular complexity index is 1140. The predicted octanol–water partition coefficient (Wildman–Crippen LogP) is 4.04. The predicted molar refractivity (Wildman–Crippen MR) is 112 cm³/mol. The molecule has 0 aliphatic carbocycles. The number of anilines is 1. The Morgan fingerprint density at radius 2 is 1.80 bits per heavy atom. The van der Waals surface area contributed by atoms with Gasteiger partial charge in [0.2, 0.25) is 15.9 Å². The second-order valence-electron chi connectivity index (χ2n) is 6.54. The van der Waals surface area contributed by atoms with Crippen LogP contribution in [0.5, 0.6) is 11.5 Å². The molecular weight excluding hydrogens is 430 g/mol. The molecule has 1 aromatic heterocycles. The molecule has 10 heteroatoms. The molecule has 0 radical (unpaired) electrons. The van der Waals surface area contributed by atoms with E-state index >= 15 is 0 Å². The molecule has 2 N–H and O–H groups in total. The van der Waals surface area contributed by atoms with Crippen LogP contribution in [-0.2, 0) is 14.8 Å². The minimum Gasteiger partial charge on any atom is -0.456 e. The van der Waals surface area contributed by atoms with E-state index < -0.39 is 22.0 Å². The number of para-hydroxylation sites is 1. The molecule has 1 atom stereocenters. The summed E-state index contributed by atoms with van der Waals surface area (Å²) in [5, 5.41) is 6.77. The summed E-state index contributed by atoms with van der Waals surface area (Å²) in [6, 6.07) is 12.6. The zero-order valence-corrected chi connectivity index (χ0v) is 18.0. The number of rotatable bonds is 7. The SMILES string of the molecule is Cc1noc(C)c1S(=O)(=O)N[C@H](C)C(=O)Nc1ccc(Oc2ccccc2Cl)cc1. The Morgan fingerprint density at radius 3 is 2.40 bits per heavy atom. The van der Waals surface area contributed by atoms with Crippen molar-refractivity contribution in [1.82, 2.24) is 9.88 Å². The molecule has 1 heterocycles. The number of nitrogens with one attached hydrogen (secondary N) is 2. The van der Waals surface area contributed by atoms with E-state index in [-0.39, 0.29) is 16.3 Å². The van der Waals surface area contributed by atoms with E-state index in [1.807, 2.05) is 0 Å². The molecule has 3 aromatic rings. The van der Waals surface area contributed by atoms with Gasteiger partial charge in [0.1, 0.15) is 22.1 Å². The van der Waals surface area contributed by atoms with E-state index in [0.29, 0.717) is 22.2 Å². The number of carbonyl (C=O) groups is 1. The lowest BCUT2D eigenvalue weighted by atomic mass is 10.2. The number of aromatic nitrogens is 1. The summed E-state index contributed by atoms with van der Waals surface area (Å²) in [6.07, 6.45) is 0. The van der Waals surface area contributed by atoms with Gasteiger partial charge in [0, 0.05) is 5.69 Å². The van der Waals surface area contributed by atoms with Crippen LogP contribution in [0.25, 0.3) is 0 Å². The van der Waals surface area contributed by atoms with Crippen LogP contribution in [0.1, 0.15) is 18.4 Å². The van der Waals surface area contributed by atoms with E-state index in [1.54, 1.807) is 48.5 Å². The first kappa shape index (κ1) is 21.8. The molecule has 0 aliphatic rings. The van der Waals surface area contributed by atoms with Gasteiger partial charge in [-0.25, -0.2) is 8.42 Å². The van der Waals surface area contributed by atoms with Gasteiger partial charge in [-0.1, -0.05) is 28.9 Å². The largest absolute Gasteiger partial charge is 0.456 e. The molecule has 0 spiro atoms. The summed E-state index contributed by atoms with van der Waals surface area (Å²) in [4.78, 5) is 12.4. The summed E-state index contributed by atoms with van der Waals surface area (Å²) in [5.41, 5.74) is 0.705. The maximum absolute atomic E-state index is 12.5. The van der Waals surface area contributed by atoms with Gasteiger partial charge in [-0.15, -0.1) is 0 Å². The molecule has 30 heavy (non-hydrogen) atoms. The number of aryl methyl sites for hydroxylation is 2. The highest BCUT2D eigenvalue weighted by Crippen LogP contribution is 2.29. The number of hydrogen-bond acceptors (Lipinski definition) is 6. The maximum Gasteiger partial charge on any atom is 0.246 e. The van der Waals surface area contributed by atoms with Gasteiger partial charge in [0.15, 0.2) is 5.76 Å². The Hall–Kier alpha value is -2.88. The molecule has 2 aromatic carbocycles. The number of hydrogen-bond donors (Lipinski definition) is 2. The Morgan fingerprint density at radius 1 is 1.13 bits per heavy atom. The van der Waals surface area contributed by atoms with E-state index in [9.17, 15) is 13.2 Å². The fourth-order valence-electron chi connectivity index (χ4n) is 2.71. The van der Waals surface area contributed by atoms with Crippen molar-refractivity contribution in [1.29, 1.82) is 0 Å². The monoisotopic (exact) mass is 449 g/mol. The molecule has 0 saturated carbocycles.